The van der Waals surface area contributed by atoms with Crippen molar-refractivity contribution >= 4 is 12.1 Å². The van der Waals surface area contributed by atoms with Crippen molar-refractivity contribution < 1.29 is 19.1 Å². The van der Waals surface area contributed by atoms with Gasteiger partial charge in [-0.2, -0.15) is 0 Å². The largest absolute Gasteiger partial charge is 0.467 e. The second-order valence-electron chi connectivity index (χ2n) is 5.65. The maximum Gasteiger partial charge on any atom is 0.408 e. The molecule has 5 nitrogen and oxygen atoms in total. The van der Waals surface area contributed by atoms with Crippen molar-refractivity contribution in [3.05, 3.63) is 12.7 Å². The summed E-state index contributed by atoms with van der Waals surface area (Å²) < 4.78 is 9.83. The predicted octanol–water partition coefficient (Wildman–Crippen LogP) is 3.19. The lowest BCUT2D eigenvalue weighted by Crippen LogP contribution is -2.44. The number of nitrogens with one attached hydrogen (secondary N) is 1. The van der Waals surface area contributed by atoms with Crippen molar-refractivity contribution in [2.24, 2.45) is 0 Å². The Bertz CT molecular complexity index is 320. The number of carbonyl (C=O) groups excluding carboxylic acids is 2. The highest BCUT2D eigenvalue weighted by Crippen LogP contribution is 2.10. The van der Waals surface area contributed by atoms with E-state index in [2.05, 4.69) is 11.9 Å². The first-order valence-electron chi connectivity index (χ1n) is 6.98. The zero-order chi connectivity index (χ0) is 15.6. The lowest BCUT2D eigenvalue weighted by molar-refractivity contribution is -0.143. The zero-order valence-electron chi connectivity index (χ0n) is 13.0. The molecule has 0 aliphatic carbocycles. The number of ether oxygens (including phenoxy) is 2. The lowest BCUT2D eigenvalue weighted by Gasteiger charge is -2.22. The van der Waals surface area contributed by atoms with Crippen LogP contribution in [0.2, 0.25) is 0 Å². The number of unbranched alkanes of at least 4 members (excludes halogenated alkanes) is 3. The molecule has 0 fully saturated rings. The van der Waals surface area contributed by atoms with Gasteiger partial charge in [-0.3, -0.25) is 0 Å². The third-order valence-electron chi connectivity index (χ3n) is 2.58. The summed E-state index contributed by atoms with van der Waals surface area (Å²) in [5.41, 5.74) is -0.589. The Kier molecular flexibility index (Phi) is 8.68. The van der Waals surface area contributed by atoms with Crippen molar-refractivity contribution in [2.75, 3.05) is 7.11 Å². The number of alkyl carbamates (subject to hydrolysis) is 1. The van der Waals surface area contributed by atoms with Crippen LogP contribution >= 0.6 is 0 Å². The van der Waals surface area contributed by atoms with Gasteiger partial charge in [0.15, 0.2) is 0 Å². The normalized spacial score (nSPS) is 12.4. The number of rotatable bonds is 8. The van der Waals surface area contributed by atoms with Crippen molar-refractivity contribution in [3.8, 4) is 0 Å². The van der Waals surface area contributed by atoms with Crippen LogP contribution in [-0.2, 0) is 14.3 Å². The molecule has 0 aromatic carbocycles. The van der Waals surface area contributed by atoms with E-state index in [0.717, 1.165) is 25.7 Å². The molecule has 0 bridgehead atoms. The predicted molar refractivity (Wildman–Crippen MR) is 78.5 cm³/mol. The number of carbonyl (C=O) groups is 2. The number of hydrogen-bond acceptors (Lipinski definition) is 4. The Morgan fingerprint density at radius 3 is 2.40 bits per heavy atom. The summed E-state index contributed by atoms with van der Waals surface area (Å²) in [4.78, 5) is 23.3. The molecule has 0 aromatic heterocycles. The first kappa shape index (κ1) is 18.5. The van der Waals surface area contributed by atoms with Crippen molar-refractivity contribution in [2.45, 2.75) is 64.5 Å². The number of amides is 1. The molecule has 20 heavy (non-hydrogen) atoms. The summed E-state index contributed by atoms with van der Waals surface area (Å²) in [6.45, 7) is 8.98. The van der Waals surface area contributed by atoms with Gasteiger partial charge in [-0.1, -0.05) is 18.9 Å². The van der Waals surface area contributed by atoms with Gasteiger partial charge in [0.2, 0.25) is 0 Å². The fourth-order valence-corrected chi connectivity index (χ4v) is 1.65. The summed E-state index contributed by atoms with van der Waals surface area (Å²) in [7, 11) is 1.31. The quantitative estimate of drug-likeness (QED) is 0.422. The van der Waals surface area contributed by atoms with E-state index in [1.807, 2.05) is 6.08 Å². The Balaban J connectivity index is 4.25. The zero-order valence-corrected chi connectivity index (χ0v) is 13.0. The fraction of sp³-hybridized carbons (Fsp3) is 0.733. The van der Waals surface area contributed by atoms with Gasteiger partial charge in [-0.05, 0) is 40.0 Å². The highest BCUT2D eigenvalue weighted by atomic mass is 16.6. The highest BCUT2D eigenvalue weighted by Gasteiger charge is 2.24. The van der Waals surface area contributed by atoms with E-state index in [-0.39, 0.29) is 0 Å². The van der Waals surface area contributed by atoms with Crippen LogP contribution in [-0.4, -0.2) is 30.8 Å². The smallest absolute Gasteiger partial charge is 0.408 e. The summed E-state index contributed by atoms with van der Waals surface area (Å²) in [5.74, 6) is -0.445. The summed E-state index contributed by atoms with van der Waals surface area (Å²) in [6.07, 6.45) is 5.63. The molecule has 0 saturated heterocycles. The van der Waals surface area contributed by atoms with Gasteiger partial charge >= 0.3 is 12.1 Å². The van der Waals surface area contributed by atoms with Crippen LogP contribution in [0.15, 0.2) is 12.7 Å². The topological polar surface area (TPSA) is 64.6 Å². The van der Waals surface area contributed by atoms with Gasteiger partial charge in [-0.25, -0.2) is 9.59 Å². The Morgan fingerprint density at radius 1 is 1.25 bits per heavy atom. The average molecular weight is 285 g/mol. The standard InChI is InChI=1S/C15H27NO4/c1-6-7-8-9-10-11-12(13(17)19-5)16-14(18)20-15(2,3)4/h6,12H,1,7-11H2,2-5H3,(H,16,18)/t12-/m1/s1. The second kappa shape index (κ2) is 9.39. The molecule has 0 aliphatic rings. The van der Waals surface area contributed by atoms with Gasteiger partial charge in [0.05, 0.1) is 7.11 Å². The van der Waals surface area contributed by atoms with E-state index >= 15 is 0 Å². The third kappa shape index (κ3) is 9.42. The van der Waals surface area contributed by atoms with E-state index in [9.17, 15) is 9.59 Å². The van der Waals surface area contributed by atoms with E-state index in [1.54, 1.807) is 20.8 Å². The fourth-order valence-electron chi connectivity index (χ4n) is 1.65. The Labute approximate surface area is 121 Å². The summed E-state index contributed by atoms with van der Waals surface area (Å²) >= 11 is 0. The van der Waals surface area contributed by atoms with Crippen LogP contribution in [0.1, 0.15) is 52.9 Å². The molecule has 1 N–H and O–H groups in total. The molecule has 0 radical (unpaired) electrons. The molecule has 0 rings (SSSR count). The molecule has 116 valence electrons. The van der Waals surface area contributed by atoms with E-state index in [4.69, 9.17) is 9.47 Å². The first-order valence-corrected chi connectivity index (χ1v) is 6.98. The maximum absolute atomic E-state index is 11.7. The summed E-state index contributed by atoms with van der Waals surface area (Å²) in [5, 5.41) is 2.56. The third-order valence-corrected chi connectivity index (χ3v) is 2.58. The van der Waals surface area contributed by atoms with Crippen LogP contribution in [0.5, 0.6) is 0 Å². The SMILES string of the molecule is C=CCCCCC[C@@H](NC(=O)OC(C)(C)C)C(=O)OC. The molecule has 0 aliphatic heterocycles. The number of hydrogen-bond donors (Lipinski definition) is 1. The lowest BCUT2D eigenvalue weighted by atomic mass is 10.1. The van der Waals surface area contributed by atoms with Crippen molar-refractivity contribution in [1.29, 1.82) is 0 Å². The molecule has 5 heteroatoms. The molecule has 0 unspecified atom stereocenters. The van der Waals surface area contributed by atoms with Crippen LogP contribution in [0.25, 0.3) is 0 Å². The minimum Gasteiger partial charge on any atom is -0.467 e. The van der Waals surface area contributed by atoms with Gasteiger partial charge < -0.3 is 14.8 Å². The molecule has 0 heterocycles. The Morgan fingerprint density at radius 2 is 1.90 bits per heavy atom. The van der Waals surface area contributed by atoms with Gasteiger partial charge in [0.25, 0.3) is 0 Å². The van der Waals surface area contributed by atoms with E-state index in [1.165, 1.54) is 7.11 Å². The molecular formula is C15H27NO4. The van der Waals surface area contributed by atoms with Crippen LogP contribution in [0.4, 0.5) is 4.79 Å². The minimum absolute atomic E-state index is 0.445. The van der Waals surface area contributed by atoms with E-state index < -0.39 is 23.7 Å². The monoisotopic (exact) mass is 285 g/mol. The van der Waals surface area contributed by atoms with Gasteiger partial charge in [0.1, 0.15) is 11.6 Å². The molecular weight excluding hydrogens is 258 g/mol. The van der Waals surface area contributed by atoms with Gasteiger partial charge in [-0.15, -0.1) is 6.58 Å². The molecule has 0 aromatic rings. The average Bonchev–Trinajstić information content (AvgIpc) is 2.34. The maximum atomic E-state index is 11.7. The van der Waals surface area contributed by atoms with Crippen molar-refractivity contribution in [3.63, 3.8) is 0 Å². The van der Waals surface area contributed by atoms with Gasteiger partial charge in [0, 0.05) is 0 Å². The molecule has 1 atom stereocenters. The van der Waals surface area contributed by atoms with Crippen LogP contribution < -0.4 is 5.32 Å². The number of methoxy groups -OCH3 is 1. The minimum atomic E-state index is -0.654. The molecule has 0 saturated carbocycles. The summed E-state index contributed by atoms with van der Waals surface area (Å²) in [6, 6.07) is -0.654. The van der Waals surface area contributed by atoms with Crippen LogP contribution in [0, 0.1) is 0 Å². The highest BCUT2D eigenvalue weighted by molar-refractivity contribution is 5.81. The van der Waals surface area contributed by atoms with E-state index in [0.29, 0.717) is 6.42 Å². The first-order chi connectivity index (χ1) is 9.30. The Hall–Kier alpha value is -1.52. The molecule has 0 spiro atoms. The second-order valence-corrected chi connectivity index (χ2v) is 5.65. The number of esters is 1. The van der Waals surface area contributed by atoms with Crippen LogP contribution in [0.3, 0.4) is 0 Å². The van der Waals surface area contributed by atoms with Crippen molar-refractivity contribution in [1.82, 2.24) is 5.32 Å². The number of allylic oxidation sites excluding steroid dienone is 1. The molecule has 1 amide bonds.